The van der Waals surface area contributed by atoms with Crippen molar-refractivity contribution in [1.82, 2.24) is 10.2 Å². The Balaban J connectivity index is 2.92. The summed E-state index contributed by atoms with van der Waals surface area (Å²) in [5.41, 5.74) is 0.629. The zero-order valence-corrected chi connectivity index (χ0v) is 13.8. The molecule has 0 aromatic rings. The molecule has 1 heterocycles. The van der Waals surface area contributed by atoms with Gasteiger partial charge in [-0.3, -0.25) is 4.90 Å². The van der Waals surface area contributed by atoms with Crippen LogP contribution in [0.4, 0.5) is 0 Å². The van der Waals surface area contributed by atoms with Crippen LogP contribution in [0.25, 0.3) is 0 Å². The van der Waals surface area contributed by atoms with Crippen LogP contribution in [-0.2, 0) is 0 Å². The second-order valence-electron chi connectivity index (χ2n) is 7.82. The summed E-state index contributed by atoms with van der Waals surface area (Å²) in [6, 6.07) is 1.29. The summed E-state index contributed by atoms with van der Waals surface area (Å²) < 4.78 is 0. The summed E-state index contributed by atoms with van der Waals surface area (Å²) in [5.74, 6) is 0.712. The van der Waals surface area contributed by atoms with Gasteiger partial charge in [-0.25, -0.2) is 0 Å². The Hall–Kier alpha value is -0.0800. The molecule has 0 spiro atoms. The van der Waals surface area contributed by atoms with E-state index >= 15 is 0 Å². The van der Waals surface area contributed by atoms with Crippen molar-refractivity contribution in [3.63, 3.8) is 0 Å². The number of rotatable bonds is 3. The van der Waals surface area contributed by atoms with Crippen LogP contribution in [0.1, 0.15) is 61.8 Å². The van der Waals surface area contributed by atoms with E-state index in [1.54, 1.807) is 0 Å². The first-order chi connectivity index (χ1) is 8.10. The number of piperazine rings is 1. The molecule has 0 saturated carbocycles. The summed E-state index contributed by atoms with van der Waals surface area (Å²) in [5, 5.41) is 3.77. The molecule has 2 nitrogen and oxygen atoms in total. The lowest BCUT2D eigenvalue weighted by Crippen LogP contribution is -2.67. The Morgan fingerprint density at radius 2 is 1.83 bits per heavy atom. The van der Waals surface area contributed by atoms with Gasteiger partial charge in [-0.15, -0.1) is 0 Å². The topological polar surface area (TPSA) is 15.3 Å². The third kappa shape index (κ3) is 3.48. The highest BCUT2D eigenvalue weighted by Crippen LogP contribution is 2.31. The molecule has 18 heavy (non-hydrogen) atoms. The standard InChI is InChI=1S/C16H34N2/c1-9-16(8)11-18(13(4)15(5,6)7)14(10-17-16)12(2)3/h12-14,17H,9-11H2,1-8H3. The number of nitrogens with one attached hydrogen (secondary N) is 1. The summed E-state index contributed by atoms with van der Waals surface area (Å²) in [4.78, 5) is 2.75. The number of nitrogens with zero attached hydrogens (tertiary/aromatic N) is 1. The van der Waals surface area contributed by atoms with Crippen LogP contribution in [0.15, 0.2) is 0 Å². The fourth-order valence-electron chi connectivity index (χ4n) is 2.82. The van der Waals surface area contributed by atoms with Crippen molar-refractivity contribution in [3.05, 3.63) is 0 Å². The van der Waals surface area contributed by atoms with Crippen LogP contribution in [-0.4, -0.2) is 35.6 Å². The monoisotopic (exact) mass is 254 g/mol. The van der Waals surface area contributed by atoms with Gasteiger partial charge in [0, 0.05) is 30.7 Å². The molecule has 3 unspecified atom stereocenters. The van der Waals surface area contributed by atoms with Crippen LogP contribution in [0, 0.1) is 11.3 Å². The predicted molar refractivity (Wildman–Crippen MR) is 80.9 cm³/mol. The molecule has 1 aliphatic rings. The molecule has 3 atom stereocenters. The molecule has 108 valence electrons. The van der Waals surface area contributed by atoms with Gasteiger partial charge in [0.1, 0.15) is 0 Å². The van der Waals surface area contributed by atoms with Crippen molar-refractivity contribution >= 4 is 0 Å². The summed E-state index contributed by atoms with van der Waals surface area (Å²) in [6.07, 6.45) is 1.20. The summed E-state index contributed by atoms with van der Waals surface area (Å²) in [7, 11) is 0. The lowest BCUT2D eigenvalue weighted by molar-refractivity contribution is -0.00693. The van der Waals surface area contributed by atoms with Gasteiger partial charge >= 0.3 is 0 Å². The van der Waals surface area contributed by atoms with Crippen molar-refractivity contribution < 1.29 is 0 Å². The minimum atomic E-state index is 0.283. The normalized spacial score (nSPS) is 32.8. The SMILES string of the molecule is CCC1(C)CN(C(C)C(C)(C)C)C(C(C)C)CN1. The minimum Gasteiger partial charge on any atom is -0.309 e. The van der Waals surface area contributed by atoms with Crippen molar-refractivity contribution in [1.29, 1.82) is 0 Å². The van der Waals surface area contributed by atoms with E-state index in [-0.39, 0.29) is 5.54 Å². The Labute approximate surface area is 115 Å². The Kier molecular flexibility index (Phi) is 4.88. The smallest absolute Gasteiger partial charge is 0.0278 e. The first-order valence-electron chi connectivity index (χ1n) is 7.61. The van der Waals surface area contributed by atoms with Gasteiger partial charge in [-0.1, -0.05) is 41.5 Å². The van der Waals surface area contributed by atoms with E-state index in [0.717, 1.165) is 6.54 Å². The van der Waals surface area contributed by atoms with Crippen molar-refractivity contribution in [3.8, 4) is 0 Å². The highest BCUT2D eigenvalue weighted by Gasteiger charge is 2.40. The summed E-state index contributed by atoms with van der Waals surface area (Å²) >= 11 is 0. The highest BCUT2D eigenvalue weighted by molar-refractivity contribution is 4.98. The van der Waals surface area contributed by atoms with Gasteiger partial charge in [0.2, 0.25) is 0 Å². The first kappa shape index (κ1) is 16.0. The third-order valence-electron chi connectivity index (χ3n) is 5.00. The Morgan fingerprint density at radius 3 is 2.22 bits per heavy atom. The molecule has 2 heteroatoms. The average molecular weight is 254 g/mol. The lowest BCUT2D eigenvalue weighted by atomic mass is 9.81. The molecule has 1 rings (SSSR count). The fraction of sp³-hybridized carbons (Fsp3) is 1.00. The fourth-order valence-corrected chi connectivity index (χ4v) is 2.82. The molecule has 0 bridgehead atoms. The highest BCUT2D eigenvalue weighted by atomic mass is 15.3. The molecule has 0 aromatic heterocycles. The van der Waals surface area contributed by atoms with Gasteiger partial charge in [0.15, 0.2) is 0 Å². The molecule has 0 aliphatic carbocycles. The first-order valence-corrected chi connectivity index (χ1v) is 7.61. The Morgan fingerprint density at radius 1 is 1.28 bits per heavy atom. The van der Waals surface area contributed by atoms with Crippen molar-refractivity contribution in [2.45, 2.75) is 79.4 Å². The number of hydrogen-bond acceptors (Lipinski definition) is 2. The maximum atomic E-state index is 3.77. The average Bonchev–Trinajstić information content (AvgIpc) is 2.26. The van der Waals surface area contributed by atoms with Crippen LogP contribution >= 0.6 is 0 Å². The van der Waals surface area contributed by atoms with Crippen molar-refractivity contribution in [2.75, 3.05) is 13.1 Å². The zero-order chi connectivity index (χ0) is 14.1. The van der Waals surface area contributed by atoms with Gasteiger partial charge in [-0.05, 0) is 31.6 Å². The van der Waals surface area contributed by atoms with E-state index in [0.29, 0.717) is 23.4 Å². The quantitative estimate of drug-likeness (QED) is 0.829. The Bertz CT molecular complexity index is 265. The molecular weight excluding hydrogens is 220 g/mol. The second-order valence-corrected chi connectivity index (χ2v) is 7.82. The van der Waals surface area contributed by atoms with E-state index in [2.05, 4.69) is 65.6 Å². The summed E-state index contributed by atoms with van der Waals surface area (Å²) in [6.45, 7) is 21.1. The maximum absolute atomic E-state index is 3.77. The van der Waals surface area contributed by atoms with Crippen LogP contribution in [0.3, 0.4) is 0 Å². The molecule has 0 amide bonds. The lowest BCUT2D eigenvalue weighted by Gasteiger charge is -2.52. The maximum Gasteiger partial charge on any atom is 0.0278 e. The van der Waals surface area contributed by atoms with E-state index < -0.39 is 0 Å². The molecular formula is C16H34N2. The van der Waals surface area contributed by atoms with E-state index in [1.807, 2.05) is 0 Å². The zero-order valence-electron chi connectivity index (χ0n) is 13.8. The van der Waals surface area contributed by atoms with Gasteiger partial charge in [0.25, 0.3) is 0 Å². The minimum absolute atomic E-state index is 0.283. The van der Waals surface area contributed by atoms with Crippen LogP contribution in [0.5, 0.6) is 0 Å². The van der Waals surface area contributed by atoms with E-state index in [9.17, 15) is 0 Å². The van der Waals surface area contributed by atoms with Gasteiger partial charge < -0.3 is 5.32 Å². The second kappa shape index (κ2) is 5.50. The molecule has 1 saturated heterocycles. The van der Waals surface area contributed by atoms with E-state index in [1.165, 1.54) is 13.0 Å². The van der Waals surface area contributed by atoms with E-state index in [4.69, 9.17) is 0 Å². The molecule has 0 radical (unpaired) electrons. The van der Waals surface area contributed by atoms with Gasteiger partial charge in [-0.2, -0.15) is 0 Å². The van der Waals surface area contributed by atoms with Crippen LogP contribution < -0.4 is 5.32 Å². The molecule has 1 aliphatic heterocycles. The molecule has 1 N–H and O–H groups in total. The predicted octanol–water partition coefficient (Wildman–Crippen LogP) is 3.52. The number of hydrogen-bond donors (Lipinski definition) is 1. The molecule has 1 fully saturated rings. The van der Waals surface area contributed by atoms with Crippen molar-refractivity contribution in [2.24, 2.45) is 11.3 Å². The van der Waals surface area contributed by atoms with Crippen LogP contribution in [0.2, 0.25) is 0 Å². The van der Waals surface area contributed by atoms with Gasteiger partial charge in [0.05, 0.1) is 0 Å². The largest absolute Gasteiger partial charge is 0.309 e. The third-order valence-corrected chi connectivity index (χ3v) is 5.00. The molecule has 0 aromatic carbocycles.